The number of nitrogens with two attached hydrogens (primary N) is 2. The molecular weight excluding hydrogens is 458 g/mol. The zero-order valence-electron chi connectivity index (χ0n) is 19.7. The summed E-state index contributed by atoms with van der Waals surface area (Å²) in [7, 11) is 0. The third-order valence-electron chi connectivity index (χ3n) is 5.26. The van der Waals surface area contributed by atoms with Gasteiger partial charge in [-0.15, -0.1) is 0 Å². The summed E-state index contributed by atoms with van der Waals surface area (Å²) in [5.74, 6) is -3.07. The molecule has 1 rings (SSSR count). The lowest BCUT2D eigenvalue weighted by atomic mass is 10.00. The van der Waals surface area contributed by atoms with Crippen LogP contribution in [0, 0.1) is 5.92 Å². The summed E-state index contributed by atoms with van der Waals surface area (Å²) in [6.07, 6.45) is 1.53. The molecule has 34 heavy (non-hydrogen) atoms. The summed E-state index contributed by atoms with van der Waals surface area (Å²) in [6.45, 7) is 3.92. The average molecular weight is 496 g/mol. The maximum atomic E-state index is 13.1. The number of thiol groups is 1. The third-order valence-corrected chi connectivity index (χ3v) is 5.65. The van der Waals surface area contributed by atoms with Gasteiger partial charge in [0.15, 0.2) is 0 Å². The smallest absolute Gasteiger partial charge is 0.326 e. The Morgan fingerprint density at radius 3 is 2.09 bits per heavy atom. The van der Waals surface area contributed by atoms with Gasteiger partial charge in [-0.1, -0.05) is 44.2 Å². The predicted molar refractivity (Wildman–Crippen MR) is 133 cm³/mol. The Hall–Kier alpha value is -2.63. The highest BCUT2D eigenvalue weighted by molar-refractivity contribution is 7.80. The fourth-order valence-corrected chi connectivity index (χ4v) is 3.39. The first-order valence-electron chi connectivity index (χ1n) is 11.3. The van der Waals surface area contributed by atoms with Crippen LogP contribution in [0.5, 0.6) is 0 Å². The van der Waals surface area contributed by atoms with Crippen molar-refractivity contribution in [2.45, 2.75) is 63.7 Å². The quantitative estimate of drug-likeness (QED) is 0.130. The molecule has 8 N–H and O–H groups in total. The van der Waals surface area contributed by atoms with Crippen LogP contribution in [0.15, 0.2) is 30.3 Å². The van der Waals surface area contributed by atoms with Crippen LogP contribution in [-0.4, -0.2) is 65.3 Å². The lowest BCUT2D eigenvalue weighted by Crippen LogP contribution is -2.59. The zero-order chi connectivity index (χ0) is 25.7. The molecule has 0 aliphatic carbocycles. The lowest BCUT2D eigenvalue weighted by molar-refractivity contribution is -0.142. The van der Waals surface area contributed by atoms with E-state index in [0.717, 1.165) is 5.56 Å². The number of carbonyl (C=O) groups excluding carboxylic acids is 3. The van der Waals surface area contributed by atoms with Gasteiger partial charge in [-0.3, -0.25) is 14.4 Å². The van der Waals surface area contributed by atoms with Gasteiger partial charge in [-0.05, 0) is 37.3 Å². The number of amides is 3. The van der Waals surface area contributed by atoms with Crippen molar-refractivity contribution >= 4 is 36.3 Å². The van der Waals surface area contributed by atoms with Crippen LogP contribution < -0.4 is 27.4 Å². The van der Waals surface area contributed by atoms with E-state index in [1.54, 1.807) is 38.1 Å². The first-order chi connectivity index (χ1) is 16.1. The SMILES string of the molecule is CC(C)C(NC(=O)C(N)CS)C(=O)NC(Cc1ccccc1)C(=O)NC(CCCCN)C(=O)O. The van der Waals surface area contributed by atoms with Gasteiger partial charge in [0.1, 0.15) is 18.1 Å². The van der Waals surface area contributed by atoms with E-state index < -0.39 is 47.9 Å². The fraction of sp³-hybridized carbons (Fsp3) is 0.565. The van der Waals surface area contributed by atoms with E-state index in [1.807, 2.05) is 6.07 Å². The maximum absolute atomic E-state index is 13.1. The van der Waals surface area contributed by atoms with E-state index in [2.05, 4.69) is 28.6 Å². The van der Waals surface area contributed by atoms with Crippen molar-refractivity contribution in [3.05, 3.63) is 35.9 Å². The topological polar surface area (TPSA) is 177 Å². The van der Waals surface area contributed by atoms with E-state index in [-0.39, 0.29) is 24.5 Å². The van der Waals surface area contributed by atoms with Crippen LogP contribution in [-0.2, 0) is 25.6 Å². The van der Waals surface area contributed by atoms with Gasteiger partial charge < -0.3 is 32.5 Å². The number of carboxylic acid groups (broad SMARTS) is 1. The zero-order valence-corrected chi connectivity index (χ0v) is 20.6. The first-order valence-corrected chi connectivity index (χ1v) is 12.0. The summed E-state index contributed by atoms with van der Waals surface area (Å²) >= 11 is 4.00. The van der Waals surface area contributed by atoms with E-state index in [9.17, 15) is 24.3 Å². The van der Waals surface area contributed by atoms with Crippen LogP contribution >= 0.6 is 12.6 Å². The standard InChI is InChI=1S/C23H37N5O5S/c1-14(2)19(28-20(29)16(25)13-34)22(31)27-18(12-15-8-4-3-5-9-15)21(30)26-17(23(32)33)10-6-7-11-24/h3-5,8-9,14,16-19,34H,6-7,10-13,24-25H2,1-2H3,(H,26,30)(H,27,31)(H,28,29)(H,32,33). The van der Waals surface area contributed by atoms with Crippen molar-refractivity contribution in [2.75, 3.05) is 12.3 Å². The van der Waals surface area contributed by atoms with Crippen LogP contribution in [0.1, 0.15) is 38.7 Å². The number of unbranched alkanes of at least 4 members (excludes halogenated alkanes) is 1. The second kappa shape index (κ2) is 15.3. The van der Waals surface area contributed by atoms with Gasteiger partial charge >= 0.3 is 5.97 Å². The van der Waals surface area contributed by atoms with Gasteiger partial charge in [0, 0.05) is 12.2 Å². The molecule has 0 heterocycles. The van der Waals surface area contributed by atoms with Crippen LogP contribution in [0.4, 0.5) is 0 Å². The summed E-state index contributed by atoms with van der Waals surface area (Å²) < 4.78 is 0. The Labute approximate surface area is 206 Å². The first kappa shape index (κ1) is 29.4. The van der Waals surface area contributed by atoms with Crippen molar-refractivity contribution in [3.8, 4) is 0 Å². The molecule has 190 valence electrons. The Bertz CT molecular complexity index is 808. The van der Waals surface area contributed by atoms with Gasteiger partial charge in [0.05, 0.1) is 6.04 Å². The van der Waals surface area contributed by atoms with Crippen LogP contribution in [0.3, 0.4) is 0 Å². The fourth-order valence-electron chi connectivity index (χ4n) is 3.22. The Kier molecular flexibility index (Phi) is 13.2. The molecule has 1 aromatic carbocycles. The molecule has 0 aromatic heterocycles. The molecule has 0 saturated carbocycles. The van der Waals surface area contributed by atoms with E-state index in [4.69, 9.17) is 11.5 Å². The molecular formula is C23H37N5O5S. The number of hydrogen-bond acceptors (Lipinski definition) is 7. The van der Waals surface area contributed by atoms with Gasteiger partial charge in [0.25, 0.3) is 0 Å². The second-order valence-corrected chi connectivity index (χ2v) is 8.82. The molecule has 0 spiro atoms. The highest BCUT2D eigenvalue weighted by Crippen LogP contribution is 2.09. The minimum absolute atomic E-state index is 0.109. The molecule has 0 saturated heterocycles. The lowest BCUT2D eigenvalue weighted by Gasteiger charge is -2.27. The largest absolute Gasteiger partial charge is 0.480 e. The number of hydrogen-bond donors (Lipinski definition) is 7. The van der Waals surface area contributed by atoms with E-state index in [0.29, 0.717) is 19.4 Å². The van der Waals surface area contributed by atoms with Crippen LogP contribution in [0.25, 0.3) is 0 Å². The minimum Gasteiger partial charge on any atom is -0.480 e. The van der Waals surface area contributed by atoms with Gasteiger partial charge in [-0.25, -0.2) is 4.79 Å². The number of rotatable bonds is 15. The van der Waals surface area contributed by atoms with E-state index >= 15 is 0 Å². The van der Waals surface area contributed by atoms with Crippen molar-refractivity contribution in [2.24, 2.45) is 17.4 Å². The third kappa shape index (κ3) is 10.1. The van der Waals surface area contributed by atoms with Crippen molar-refractivity contribution < 1.29 is 24.3 Å². The molecule has 0 aliphatic heterocycles. The molecule has 11 heteroatoms. The van der Waals surface area contributed by atoms with Crippen molar-refractivity contribution in [1.82, 2.24) is 16.0 Å². The number of carboxylic acids is 1. The maximum Gasteiger partial charge on any atom is 0.326 e. The molecule has 3 amide bonds. The molecule has 4 atom stereocenters. The van der Waals surface area contributed by atoms with Gasteiger partial charge in [0.2, 0.25) is 17.7 Å². The monoisotopic (exact) mass is 495 g/mol. The summed E-state index contributed by atoms with van der Waals surface area (Å²) in [4.78, 5) is 50.0. The molecule has 4 unspecified atom stereocenters. The van der Waals surface area contributed by atoms with E-state index in [1.165, 1.54) is 0 Å². The summed E-state index contributed by atoms with van der Waals surface area (Å²) in [5.41, 5.74) is 12.0. The highest BCUT2D eigenvalue weighted by Gasteiger charge is 2.31. The second-order valence-electron chi connectivity index (χ2n) is 8.45. The average Bonchev–Trinajstić information content (AvgIpc) is 2.80. The Balaban J connectivity index is 3.05. The molecule has 0 bridgehead atoms. The predicted octanol–water partition coefficient (Wildman–Crippen LogP) is -0.190. The summed E-state index contributed by atoms with van der Waals surface area (Å²) in [5, 5.41) is 17.3. The minimum atomic E-state index is -1.16. The normalized spacial score (nSPS) is 14.5. The Morgan fingerprint density at radius 2 is 1.56 bits per heavy atom. The Morgan fingerprint density at radius 1 is 0.941 bits per heavy atom. The number of carbonyl (C=O) groups is 4. The van der Waals surface area contributed by atoms with Crippen molar-refractivity contribution in [3.63, 3.8) is 0 Å². The molecule has 0 fully saturated rings. The number of aliphatic carboxylic acids is 1. The molecule has 0 radical (unpaired) electrons. The molecule has 1 aromatic rings. The summed E-state index contributed by atoms with van der Waals surface area (Å²) in [6, 6.07) is 5.04. The highest BCUT2D eigenvalue weighted by atomic mass is 32.1. The van der Waals surface area contributed by atoms with Crippen LogP contribution in [0.2, 0.25) is 0 Å². The number of benzene rings is 1. The molecule has 10 nitrogen and oxygen atoms in total. The van der Waals surface area contributed by atoms with Gasteiger partial charge in [-0.2, -0.15) is 12.6 Å². The van der Waals surface area contributed by atoms with Crippen molar-refractivity contribution in [1.29, 1.82) is 0 Å². The molecule has 0 aliphatic rings. The number of nitrogens with one attached hydrogen (secondary N) is 3.